The van der Waals surface area contributed by atoms with Gasteiger partial charge in [-0.15, -0.1) is 5.10 Å². The molecule has 0 amide bonds. The molecule has 0 aliphatic rings. The molecule has 0 aliphatic heterocycles. The number of aromatic carboxylic acids is 1. The van der Waals surface area contributed by atoms with Gasteiger partial charge in [0, 0.05) is 5.41 Å². The molecule has 2 aromatic rings. The Morgan fingerprint density at radius 1 is 1.26 bits per heavy atom. The lowest BCUT2D eigenvalue weighted by molar-refractivity contribution is 0.0697. The fourth-order valence-corrected chi connectivity index (χ4v) is 1.77. The zero-order chi connectivity index (χ0) is 14.0. The summed E-state index contributed by atoms with van der Waals surface area (Å²) in [5.74, 6) is -0.126. The van der Waals surface area contributed by atoms with Crippen LogP contribution in [0.2, 0.25) is 0 Å². The molecule has 0 radical (unpaired) electrons. The molecule has 2 rings (SSSR count). The van der Waals surface area contributed by atoms with Gasteiger partial charge in [-0.2, -0.15) is 0 Å². The maximum absolute atomic E-state index is 10.8. The Bertz CT molecular complexity index is 581. The minimum atomic E-state index is -0.927. The van der Waals surface area contributed by atoms with Gasteiger partial charge in [0.05, 0.1) is 12.1 Å². The molecule has 0 atom stereocenters. The van der Waals surface area contributed by atoms with Gasteiger partial charge < -0.3 is 5.11 Å². The topological polar surface area (TPSA) is 80.9 Å². The summed E-state index contributed by atoms with van der Waals surface area (Å²) in [7, 11) is 0. The zero-order valence-corrected chi connectivity index (χ0v) is 11.2. The van der Waals surface area contributed by atoms with E-state index in [1.54, 1.807) is 28.9 Å². The van der Waals surface area contributed by atoms with E-state index in [0.717, 1.165) is 11.4 Å². The zero-order valence-electron chi connectivity index (χ0n) is 11.2. The minimum Gasteiger partial charge on any atom is -0.478 e. The van der Waals surface area contributed by atoms with Crippen LogP contribution in [0, 0.1) is 0 Å². The van der Waals surface area contributed by atoms with Crippen molar-refractivity contribution in [3.8, 4) is 0 Å². The highest BCUT2D eigenvalue weighted by atomic mass is 16.4. The standard InChI is InChI=1S/C13H16N4O2/c1-13(2,3)12-14-15-16-17(12)8-9-4-6-10(7-5-9)11(18)19/h4-7H,8H2,1-3H3,(H,18,19). The molecule has 0 bridgehead atoms. The lowest BCUT2D eigenvalue weighted by atomic mass is 9.96. The van der Waals surface area contributed by atoms with Gasteiger partial charge in [-0.3, -0.25) is 0 Å². The highest BCUT2D eigenvalue weighted by Crippen LogP contribution is 2.19. The quantitative estimate of drug-likeness (QED) is 0.908. The Hall–Kier alpha value is -2.24. The highest BCUT2D eigenvalue weighted by molar-refractivity contribution is 5.87. The van der Waals surface area contributed by atoms with Gasteiger partial charge in [0.15, 0.2) is 5.82 Å². The third kappa shape index (κ3) is 2.96. The molecule has 1 aromatic carbocycles. The van der Waals surface area contributed by atoms with Crippen LogP contribution in [0.25, 0.3) is 0 Å². The first-order valence-electron chi connectivity index (χ1n) is 5.97. The second-order valence-corrected chi connectivity index (χ2v) is 5.41. The van der Waals surface area contributed by atoms with Crippen LogP contribution in [0.15, 0.2) is 24.3 Å². The SMILES string of the molecule is CC(C)(C)c1nnnn1Cc1ccc(C(=O)O)cc1. The van der Waals surface area contributed by atoms with Crippen molar-refractivity contribution in [2.24, 2.45) is 0 Å². The molecule has 0 unspecified atom stereocenters. The maximum Gasteiger partial charge on any atom is 0.335 e. The Balaban J connectivity index is 2.22. The average molecular weight is 260 g/mol. The van der Waals surface area contributed by atoms with Gasteiger partial charge in [-0.05, 0) is 28.1 Å². The summed E-state index contributed by atoms with van der Waals surface area (Å²) in [4.78, 5) is 10.8. The van der Waals surface area contributed by atoms with Crippen molar-refractivity contribution in [2.45, 2.75) is 32.7 Å². The summed E-state index contributed by atoms with van der Waals surface area (Å²) in [6.07, 6.45) is 0. The number of carboxylic acids is 1. The third-order valence-corrected chi connectivity index (χ3v) is 2.74. The van der Waals surface area contributed by atoms with Crippen LogP contribution in [-0.4, -0.2) is 31.3 Å². The maximum atomic E-state index is 10.8. The molecule has 1 N–H and O–H groups in total. The summed E-state index contributed by atoms with van der Waals surface area (Å²) < 4.78 is 1.73. The van der Waals surface area contributed by atoms with Gasteiger partial charge in [0.2, 0.25) is 0 Å². The van der Waals surface area contributed by atoms with E-state index >= 15 is 0 Å². The summed E-state index contributed by atoms with van der Waals surface area (Å²) >= 11 is 0. The molecule has 100 valence electrons. The lowest BCUT2D eigenvalue weighted by Crippen LogP contribution is -2.20. The van der Waals surface area contributed by atoms with Crippen molar-refractivity contribution in [3.63, 3.8) is 0 Å². The second kappa shape index (κ2) is 4.79. The van der Waals surface area contributed by atoms with Crippen molar-refractivity contribution >= 4 is 5.97 Å². The predicted octanol–water partition coefficient (Wildman–Crippen LogP) is 1.72. The van der Waals surface area contributed by atoms with Gasteiger partial charge in [0.1, 0.15) is 0 Å². The van der Waals surface area contributed by atoms with Crippen LogP contribution >= 0.6 is 0 Å². The Kier molecular flexibility index (Phi) is 3.33. The third-order valence-electron chi connectivity index (χ3n) is 2.74. The average Bonchev–Trinajstić information content (AvgIpc) is 2.77. The van der Waals surface area contributed by atoms with E-state index in [-0.39, 0.29) is 11.0 Å². The highest BCUT2D eigenvalue weighted by Gasteiger charge is 2.21. The van der Waals surface area contributed by atoms with Crippen molar-refractivity contribution in [3.05, 3.63) is 41.2 Å². The normalized spacial score (nSPS) is 11.5. The first-order chi connectivity index (χ1) is 8.88. The first-order valence-corrected chi connectivity index (χ1v) is 5.97. The molecule has 0 saturated carbocycles. The fraction of sp³-hybridized carbons (Fsp3) is 0.385. The molecule has 6 heteroatoms. The van der Waals surface area contributed by atoms with E-state index in [9.17, 15) is 4.79 Å². The molecule has 0 aliphatic carbocycles. The second-order valence-electron chi connectivity index (χ2n) is 5.41. The van der Waals surface area contributed by atoms with E-state index in [2.05, 4.69) is 15.5 Å². The molecular weight excluding hydrogens is 244 g/mol. The number of tetrazole rings is 1. The van der Waals surface area contributed by atoms with Crippen molar-refractivity contribution in [1.82, 2.24) is 20.2 Å². The molecule has 0 saturated heterocycles. The molecular formula is C13H16N4O2. The lowest BCUT2D eigenvalue weighted by Gasteiger charge is -2.17. The van der Waals surface area contributed by atoms with Crippen LogP contribution in [-0.2, 0) is 12.0 Å². The van der Waals surface area contributed by atoms with Crippen molar-refractivity contribution in [2.75, 3.05) is 0 Å². The predicted molar refractivity (Wildman–Crippen MR) is 69.0 cm³/mol. The van der Waals surface area contributed by atoms with E-state index < -0.39 is 5.97 Å². The number of nitrogens with zero attached hydrogens (tertiary/aromatic N) is 4. The van der Waals surface area contributed by atoms with Crippen LogP contribution in [0.1, 0.15) is 42.5 Å². The van der Waals surface area contributed by atoms with Gasteiger partial charge >= 0.3 is 5.97 Å². The first kappa shape index (κ1) is 13.2. The van der Waals surface area contributed by atoms with E-state index in [0.29, 0.717) is 6.54 Å². The molecule has 1 aromatic heterocycles. The Morgan fingerprint density at radius 2 is 1.89 bits per heavy atom. The summed E-state index contributed by atoms with van der Waals surface area (Å²) in [5.41, 5.74) is 1.10. The number of benzene rings is 1. The van der Waals surface area contributed by atoms with Crippen molar-refractivity contribution < 1.29 is 9.90 Å². The fourth-order valence-electron chi connectivity index (χ4n) is 1.77. The number of carbonyl (C=O) groups is 1. The molecule has 6 nitrogen and oxygen atoms in total. The number of hydrogen-bond acceptors (Lipinski definition) is 4. The Labute approximate surface area is 111 Å². The molecule has 19 heavy (non-hydrogen) atoms. The van der Waals surface area contributed by atoms with E-state index in [1.807, 2.05) is 20.8 Å². The van der Waals surface area contributed by atoms with Gasteiger partial charge in [-0.1, -0.05) is 32.9 Å². The summed E-state index contributed by atoms with van der Waals surface area (Å²) in [6, 6.07) is 6.71. The number of carboxylic acid groups (broad SMARTS) is 1. The van der Waals surface area contributed by atoms with Crippen LogP contribution < -0.4 is 0 Å². The van der Waals surface area contributed by atoms with Crippen LogP contribution in [0.4, 0.5) is 0 Å². The molecule has 1 heterocycles. The largest absolute Gasteiger partial charge is 0.478 e. The number of aromatic nitrogens is 4. The smallest absolute Gasteiger partial charge is 0.335 e. The Morgan fingerprint density at radius 3 is 2.42 bits per heavy atom. The molecule has 0 spiro atoms. The van der Waals surface area contributed by atoms with E-state index in [4.69, 9.17) is 5.11 Å². The minimum absolute atomic E-state index is 0.134. The van der Waals surface area contributed by atoms with Crippen LogP contribution in [0.5, 0.6) is 0 Å². The summed E-state index contributed by atoms with van der Waals surface area (Å²) in [6.45, 7) is 6.66. The summed E-state index contributed by atoms with van der Waals surface area (Å²) in [5, 5.41) is 20.6. The van der Waals surface area contributed by atoms with Gasteiger partial charge in [0.25, 0.3) is 0 Å². The van der Waals surface area contributed by atoms with Gasteiger partial charge in [-0.25, -0.2) is 9.48 Å². The van der Waals surface area contributed by atoms with Crippen molar-refractivity contribution in [1.29, 1.82) is 0 Å². The number of hydrogen-bond donors (Lipinski definition) is 1. The monoisotopic (exact) mass is 260 g/mol. The van der Waals surface area contributed by atoms with E-state index in [1.165, 1.54) is 0 Å². The molecule has 0 fully saturated rings. The number of rotatable bonds is 3. The van der Waals surface area contributed by atoms with Crippen LogP contribution in [0.3, 0.4) is 0 Å².